The number of aromatic nitrogens is 1. The van der Waals surface area contributed by atoms with Crippen molar-refractivity contribution in [3.8, 4) is 0 Å². The van der Waals surface area contributed by atoms with Crippen molar-refractivity contribution in [3.63, 3.8) is 0 Å². The first kappa shape index (κ1) is 15.2. The lowest BCUT2D eigenvalue weighted by Gasteiger charge is -2.19. The number of esters is 1. The van der Waals surface area contributed by atoms with Crippen LogP contribution < -0.4 is 5.32 Å². The van der Waals surface area contributed by atoms with Crippen LogP contribution in [0, 0.1) is 11.8 Å². The second-order valence-corrected chi connectivity index (χ2v) is 5.63. The fourth-order valence-electron chi connectivity index (χ4n) is 2.83. The second-order valence-electron chi connectivity index (χ2n) is 5.63. The highest BCUT2D eigenvalue weighted by Gasteiger charge is 2.49. The van der Waals surface area contributed by atoms with Gasteiger partial charge in [0.15, 0.2) is 0 Å². The predicted octanol–water partition coefficient (Wildman–Crippen LogP) is 2.36. The van der Waals surface area contributed by atoms with Gasteiger partial charge in [-0.25, -0.2) is 0 Å². The SMILES string of the molecule is COC(=O)C1CC1[C@H](NC(=O)c1cccnc1)c1ccccc1. The summed E-state index contributed by atoms with van der Waals surface area (Å²) >= 11 is 0. The highest BCUT2D eigenvalue weighted by Crippen LogP contribution is 2.48. The standard InChI is InChI=1S/C18H18N2O3/c1-23-18(22)15-10-14(15)16(12-6-3-2-4-7-12)20-17(21)13-8-5-9-19-11-13/h2-9,11,14-16H,10H2,1H3,(H,20,21)/t14?,15?,16-/m1/s1. The van der Waals surface area contributed by atoms with Crippen LogP contribution in [0.4, 0.5) is 0 Å². The zero-order chi connectivity index (χ0) is 16.2. The molecule has 1 N–H and O–H groups in total. The first-order valence-corrected chi connectivity index (χ1v) is 7.54. The maximum absolute atomic E-state index is 12.4. The lowest BCUT2D eigenvalue weighted by atomic mass is 10.0. The van der Waals surface area contributed by atoms with E-state index in [1.807, 2.05) is 30.3 Å². The van der Waals surface area contributed by atoms with Crippen LogP contribution in [-0.2, 0) is 9.53 Å². The Morgan fingerprint density at radius 2 is 2.00 bits per heavy atom. The summed E-state index contributed by atoms with van der Waals surface area (Å²) in [5.41, 5.74) is 1.49. The van der Waals surface area contributed by atoms with Crippen LogP contribution in [-0.4, -0.2) is 24.0 Å². The summed E-state index contributed by atoms with van der Waals surface area (Å²) in [7, 11) is 1.39. The van der Waals surface area contributed by atoms with E-state index in [9.17, 15) is 9.59 Å². The highest BCUT2D eigenvalue weighted by atomic mass is 16.5. The number of hydrogen-bond acceptors (Lipinski definition) is 4. The van der Waals surface area contributed by atoms with E-state index < -0.39 is 0 Å². The molecule has 1 aliphatic rings. The third kappa shape index (κ3) is 3.39. The van der Waals surface area contributed by atoms with E-state index in [1.165, 1.54) is 13.3 Å². The van der Waals surface area contributed by atoms with E-state index in [1.54, 1.807) is 18.3 Å². The summed E-state index contributed by atoms with van der Waals surface area (Å²) in [6, 6.07) is 12.9. The number of nitrogens with zero attached hydrogens (tertiary/aromatic N) is 1. The first-order chi connectivity index (χ1) is 11.2. The minimum Gasteiger partial charge on any atom is -0.469 e. The largest absolute Gasteiger partial charge is 0.469 e. The average Bonchev–Trinajstić information content (AvgIpc) is 3.40. The van der Waals surface area contributed by atoms with E-state index in [-0.39, 0.29) is 29.8 Å². The zero-order valence-corrected chi connectivity index (χ0v) is 12.8. The molecule has 118 valence electrons. The molecule has 0 radical (unpaired) electrons. The smallest absolute Gasteiger partial charge is 0.309 e. The summed E-state index contributed by atoms with van der Waals surface area (Å²) in [6.07, 6.45) is 3.88. The average molecular weight is 310 g/mol. The zero-order valence-electron chi connectivity index (χ0n) is 12.8. The number of carbonyl (C=O) groups excluding carboxylic acids is 2. The monoisotopic (exact) mass is 310 g/mol. The van der Waals surface area contributed by atoms with Gasteiger partial charge in [-0.05, 0) is 30.0 Å². The summed E-state index contributed by atoms with van der Waals surface area (Å²) < 4.78 is 4.82. The molecule has 0 bridgehead atoms. The normalized spacial score (nSPS) is 20.4. The van der Waals surface area contributed by atoms with Gasteiger partial charge >= 0.3 is 5.97 Å². The third-order valence-corrected chi connectivity index (χ3v) is 4.14. The summed E-state index contributed by atoms with van der Waals surface area (Å²) in [5.74, 6) is -0.501. The fraction of sp³-hybridized carbons (Fsp3) is 0.278. The van der Waals surface area contributed by atoms with Crippen molar-refractivity contribution in [2.45, 2.75) is 12.5 Å². The van der Waals surface area contributed by atoms with Crippen LogP contribution in [0.5, 0.6) is 0 Å². The summed E-state index contributed by atoms with van der Waals surface area (Å²) in [5, 5.41) is 3.03. The molecule has 0 spiro atoms. The minimum absolute atomic E-state index is 0.0606. The lowest BCUT2D eigenvalue weighted by Crippen LogP contribution is -2.31. The molecule has 23 heavy (non-hydrogen) atoms. The van der Waals surface area contributed by atoms with Gasteiger partial charge in [-0.1, -0.05) is 30.3 Å². The molecule has 2 aromatic rings. The Morgan fingerprint density at radius 3 is 2.65 bits per heavy atom. The van der Waals surface area contributed by atoms with Crippen molar-refractivity contribution in [3.05, 3.63) is 66.0 Å². The predicted molar refractivity (Wildman–Crippen MR) is 84.5 cm³/mol. The molecule has 5 nitrogen and oxygen atoms in total. The highest BCUT2D eigenvalue weighted by molar-refractivity contribution is 5.94. The molecule has 1 fully saturated rings. The number of carbonyl (C=O) groups is 2. The minimum atomic E-state index is -0.216. The van der Waals surface area contributed by atoms with Crippen molar-refractivity contribution < 1.29 is 14.3 Å². The Labute approximate surface area is 134 Å². The number of methoxy groups -OCH3 is 1. The van der Waals surface area contributed by atoms with Gasteiger partial charge in [0.1, 0.15) is 0 Å². The van der Waals surface area contributed by atoms with Crippen molar-refractivity contribution in [2.24, 2.45) is 11.8 Å². The van der Waals surface area contributed by atoms with Crippen molar-refractivity contribution in [1.29, 1.82) is 0 Å². The molecule has 0 aliphatic heterocycles. The third-order valence-electron chi connectivity index (χ3n) is 4.14. The number of rotatable bonds is 5. The maximum Gasteiger partial charge on any atom is 0.309 e. The van der Waals surface area contributed by atoms with Crippen molar-refractivity contribution in [1.82, 2.24) is 10.3 Å². The van der Waals surface area contributed by atoms with Crippen LogP contribution in [0.25, 0.3) is 0 Å². The Morgan fingerprint density at radius 1 is 1.22 bits per heavy atom. The van der Waals surface area contributed by atoms with E-state index in [2.05, 4.69) is 10.3 Å². The van der Waals surface area contributed by atoms with E-state index in [4.69, 9.17) is 4.74 Å². The maximum atomic E-state index is 12.4. The summed E-state index contributed by atoms with van der Waals surface area (Å²) in [6.45, 7) is 0. The first-order valence-electron chi connectivity index (χ1n) is 7.54. The Kier molecular flexibility index (Phi) is 4.37. The Balaban J connectivity index is 1.80. The fourth-order valence-corrected chi connectivity index (χ4v) is 2.83. The van der Waals surface area contributed by atoms with Gasteiger partial charge in [0, 0.05) is 12.4 Å². The van der Waals surface area contributed by atoms with Crippen LogP contribution in [0.3, 0.4) is 0 Å². The molecule has 1 aromatic heterocycles. The molecule has 1 aromatic carbocycles. The van der Waals surface area contributed by atoms with Gasteiger partial charge in [0.05, 0.1) is 24.6 Å². The van der Waals surface area contributed by atoms with Crippen LogP contribution >= 0.6 is 0 Å². The molecule has 2 unspecified atom stereocenters. The Bertz CT molecular complexity index is 688. The molecular weight excluding hydrogens is 292 g/mol. The van der Waals surface area contributed by atoms with E-state index in [0.717, 1.165) is 12.0 Å². The van der Waals surface area contributed by atoms with Crippen LogP contribution in [0.15, 0.2) is 54.9 Å². The van der Waals surface area contributed by atoms with Crippen molar-refractivity contribution in [2.75, 3.05) is 7.11 Å². The number of ether oxygens (including phenoxy) is 1. The van der Waals surface area contributed by atoms with E-state index in [0.29, 0.717) is 5.56 Å². The van der Waals surface area contributed by atoms with Gasteiger partial charge in [-0.2, -0.15) is 0 Å². The number of amides is 1. The molecule has 0 saturated heterocycles. The molecular formula is C18H18N2O3. The number of benzene rings is 1. The topological polar surface area (TPSA) is 68.3 Å². The Hall–Kier alpha value is -2.69. The van der Waals surface area contributed by atoms with Gasteiger partial charge in [-0.15, -0.1) is 0 Å². The van der Waals surface area contributed by atoms with Gasteiger partial charge in [-0.3, -0.25) is 14.6 Å². The molecule has 3 rings (SSSR count). The number of hydrogen-bond donors (Lipinski definition) is 1. The van der Waals surface area contributed by atoms with Crippen LogP contribution in [0.2, 0.25) is 0 Å². The van der Waals surface area contributed by atoms with Crippen molar-refractivity contribution >= 4 is 11.9 Å². The quantitative estimate of drug-likeness (QED) is 0.861. The molecule has 1 amide bonds. The van der Waals surface area contributed by atoms with Gasteiger partial charge in [0.25, 0.3) is 5.91 Å². The van der Waals surface area contributed by atoms with Gasteiger partial charge in [0.2, 0.25) is 0 Å². The molecule has 3 atom stereocenters. The van der Waals surface area contributed by atoms with Gasteiger partial charge < -0.3 is 10.1 Å². The number of pyridine rings is 1. The second kappa shape index (κ2) is 6.60. The summed E-state index contributed by atoms with van der Waals surface area (Å²) in [4.78, 5) is 28.1. The number of nitrogens with one attached hydrogen (secondary N) is 1. The van der Waals surface area contributed by atoms with E-state index >= 15 is 0 Å². The molecule has 1 heterocycles. The lowest BCUT2D eigenvalue weighted by molar-refractivity contribution is -0.142. The molecule has 1 aliphatic carbocycles. The molecule has 5 heteroatoms. The van der Waals surface area contributed by atoms with Crippen LogP contribution in [0.1, 0.15) is 28.4 Å². The molecule has 1 saturated carbocycles.